The third-order valence-electron chi connectivity index (χ3n) is 2.18. The maximum absolute atomic E-state index is 8.73. The van der Waals surface area contributed by atoms with Crippen molar-refractivity contribution in [1.29, 1.82) is 5.26 Å². The lowest BCUT2D eigenvalue weighted by Gasteiger charge is -2.21. The standard InChI is InChI=1S/C8H15N3/c1-8-6-10(2)4-3-5-11(8)7-9/h8H,3-6H2,1-2H3. The van der Waals surface area contributed by atoms with Crippen LogP contribution >= 0.6 is 0 Å². The highest BCUT2D eigenvalue weighted by molar-refractivity contribution is 4.83. The molecule has 1 rings (SSSR count). The van der Waals surface area contributed by atoms with Gasteiger partial charge in [-0.3, -0.25) is 0 Å². The van der Waals surface area contributed by atoms with Gasteiger partial charge in [-0.2, -0.15) is 5.26 Å². The first kappa shape index (κ1) is 8.35. The van der Waals surface area contributed by atoms with Gasteiger partial charge in [-0.05, 0) is 26.9 Å². The van der Waals surface area contributed by atoms with Crippen LogP contribution < -0.4 is 0 Å². The number of likely N-dealkylation sites (N-methyl/N-ethyl adjacent to an activating group) is 1. The maximum atomic E-state index is 8.73. The fraction of sp³-hybridized carbons (Fsp3) is 0.875. The van der Waals surface area contributed by atoms with E-state index >= 15 is 0 Å². The second-order valence-corrected chi connectivity index (χ2v) is 3.26. The van der Waals surface area contributed by atoms with Gasteiger partial charge in [-0.15, -0.1) is 0 Å². The summed E-state index contributed by atoms with van der Waals surface area (Å²) in [6.07, 6.45) is 3.33. The lowest BCUT2D eigenvalue weighted by molar-refractivity contribution is 0.274. The average molecular weight is 153 g/mol. The van der Waals surface area contributed by atoms with E-state index in [2.05, 4.69) is 25.1 Å². The molecule has 3 nitrogen and oxygen atoms in total. The zero-order valence-electron chi connectivity index (χ0n) is 7.25. The van der Waals surface area contributed by atoms with E-state index in [-0.39, 0.29) is 0 Å². The first-order valence-electron chi connectivity index (χ1n) is 4.09. The molecule has 1 heterocycles. The van der Waals surface area contributed by atoms with E-state index in [1.165, 1.54) is 0 Å². The van der Waals surface area contributed by atoms with Gasteiger partial charge in [0.25, 0.3) is 0 Å². The Bertz CT molecular complexity index is 161. The van der Waals surface area contributed by atoms with Crippen LogP contribution in [0.3, 0.4) is 0 Å². The molecule has 1 fully saturated rings. The Morgan fingerprint density at radius 3 is 2.82 bits per heavy atom. The molecule has 0 spiro atoms. The SMILES string of the molecule is CC1CN(C)CCCN1C#N. The van der Waals surface area contributed by atoms with Gasteiger partial charge < -0.3 is 9.80 Å². The molecule has 0 N–H and O–H groups in total. The molecule has 0 aromatic heterocycles. The van der Waals surface area contributed by atoms with Crippen molar-refractivity contribution in [2.75, 3.05) is 26.7 Å². The van der Waals surface area contributed by atoms with E-state index < -0.39 is 0 Å². The molecule has 62 valence electrons. The largest absolute Gasteiger partial charge is 0.307 e. The summed E-state index contributed by atoms with van der Waals surface area (Å²) in [5.74, 6) is 0. The number of rotatable bonds is 0. The minimum absolute atomic E-state index is 0.382. The minimum Gasteiger partial charge on any atom is -0.307 e. The quantitative estimate of drug-likeness (QED) is 0.474. The topological polar surface area (TPSA) is 30.3 Å². The fourth-order valence-electron chi connectivity index (χ4n) is 1.52. The molecule has 0 aliphatic carbocycles. The van der Waals surface area contributed by atoms with E-state index in [1.54, 1.807) is 0 Å². The highest BCUT2D eigenvalue weighted by atomic mass is 15.2. The summed E-state index contributed by atoms with van der Waals surface area (Å²) >= 11 is 0. The van der Waals surface area contributed by atoms with Gasteiger partial charge in [-0.1, -0.05) is 0 Å². The van der Waals surface area contributed by atoms with Crippen LogP contribution in [0.4, 0.5) is 0 Å². The molecular weight excluding hydrogens is 138 g/mol. The van der Waals surface area contributed by atoms with Crippen molar-refractivity contribution in [1.82, 2.24) is 9.80 Å². The molecule has 0 radical (unpaired) electrons. The first-order valence-corrected chi connectivity index (χ1v) is 4.09. The minimum atomic E-state index is 0.382. The zero-order chi connectivity index (χ0) is 8.27. The summed E-state index contributed by atoms with van der Waals surface area (Å²) in [5.41, 5.74) is 0. The average Bonchev–Trinajstić information content (AvgIpc) is 2.11. The smallest absolute Gasteiger partial charge is 0.179 e. The number of hydrogen-bond acceptors (Lipinski definition) is 3. The lowest BCUT2D eigenvalue weighted by Crippen LogP contribution is -2.34. The van der Waals surface area contributed by atoms with Gasteiger partial charge in [0.1, 0.15) is 0 Å². The second kappa shape index (κ2) is 3.59. The van der Waals surface area contributed by atoms with Crippen LogP contribution in [0.2, 0.25) is 0 Å². The molecular formula is C8H15N3. The number of hydrogen-bond donors (Lipinski definition) is 0. The van der Waals surface area contributed by atoms with Gasteiger partial charge in [-0.25, -0.2) is 0 Å². The molecule has 0 bridgehead atoms. The normalized spacial score (nSPS) is 27.7. The van der Waals surface area contributed by atoms with Crippen molar-refractivity contribution < 1.29 is 0 Å². The molecule has 1 saturated heterocycles. The fourth-order valence-corrected chi connectivity index (χ4v) is 1.52. The predicted octanol–water partition coefficient (Wildman–Crippen LogP) is 0.493. The molecule has 1 aliphatic heterocycles. The van der Waals surface area contributed by atoms with Gasteiger partial charge in [0.2, 0.25) is 0 Å². The van der Waals surface area contributed by atoms with Crippen LogP contribution in [0.25, 0.3) is 0 Å². The summed E-state index contributed by atoms with van der Waals surface area (Å²) in [6, 6.07) is 0.382. The highest BCUT2D eigenvalue weighted by Crippen LogP contribution is 2.06. The van der Waals surface area contributed by atoms with E-state index in [1.807, 2.05) is 4.90 Å². The van der Waals surface area contributed by atoms with Gasteiger partial charge >= 0.3 is 0 Å². The van der Waals surface area contributed by atoms with Gasteiger partial charge in [0.05, 0.1) is 0 Å². The second-order valence-electron chi connectivity index (χ2n) is 3.26. The Morgan fingerprint density at radius 1 is 1.45 bits per heavy atom. The molecule has 1 unspecified atom stereocenters. The van der Waals surface area contributed by atoms with Crippen molar-refractivity contribution in [3.8, 4) is 6.19 Å². The summed E-state index contributed by atoms with van der Waals surface area (Å²) in [4.78, 5) is 4.14. The van der Waals surface area contributed by atoms with E-state index in [0.29, 0.717) is 6.04 Å². The highest BCUT2D eigenvalue weighted by Gasteiger charge is 2.17. The van der Waals surface area contributed by atoms with Gasteiger partial charge in [0.15, 0.2) is 6.19 Å². The number of nitrogens with zero attached hydrogens (tertiary/aromatic N) is 3. The maximum Gasteiger partial charge on any atom is 0.179 e. The van der Waals surface area contributed by atoms with Crippen LogP contribution in [0.15, 0.2) is 0 Å². The number of nitriles is 1. The summed E-state index contributed by atoms with van der Waals surface area (Å²) in [5, 5.41) is 8.73. The van der Waals surface area contributed by atoms with Gasteiger partial charge in [0, 0.05) is 19.1 Å². The third-order valence-corrected chi connectivity index (χ3v) is 2.18. The molecule has 0 amide bonds. The van der Waals surface area contributed by atoms with Crippen LogP contribution in [0, 0.1) is 11.5 Å². The van der Waals surface area contributed by atoms with Crippen molar-refractivity contribution in [3.05, 3.63) is 0 Å². The van der Waals surface area contributed by atoms with Crippen molar-refractivity contribution >= 4 is 0 Å². The van der Waals surface area contributed by atoms with Crippen LogP contribution in [-0.2, 0) is 0 Å². The first-order chi connectivity index (χ1) is 5.24. The molecule has 1 aliphatic rings. The van der Waals surface area contributed by atoms with Crippen LogP contribution in [0.1, 0.15) is 13.3 Å². The molecule has 0 saturated carbocycles. The Morgan fingerprint density at radius 2 is 2.18 bits per heavy atom. The Labute approximate surface area is 68.2 Å². The predicted molar refractivity (Wildman–Crippen MR) is 43.9 cm³/mol. The van der Waals surface area contributed by atoms with Crippen molar-refractivity contribution in [3.63, 3.8) is 0 Å². The molecule has 11 heavy (non-hydrogen) atoms. The molecule has 3 heteroatoms. The molecule has 0 aromatic rings. The van der Waals surface area contributed by atoms with Crippen LogP contribution in [-0.4, -0.2) is 42.5 Å². The summed E-state index contributed by atoms with van der Waals surface area (Å²) < 4.78 is 0. The van der Waals surface area contributed by atoms with E-state index in [4.69, 9.17) is 5.26 Å². The summed E-state index contributed by atoms with van der Waals surface area (Å²) in [6.45, 7) is 5.14. The lowest BCUT2D eigenvalue weighted by atomic mass is 10.3. The zero-order valence-corrected chi connectivity index (χ0v) is 7.25. The van der Waals surface area contributed by atoms with E-state index in [0.717, 1.165) is 26.1 Å². The molecule has 1 atom stereocenters. The summed E-state index contributed by atoms with van der Waals surface area (Å²) in [7, 11) is 2.11. The van der Waals surface area contributed by atoms with Crippen LogP contribution in [0.5, 0.6) is 0 Å². The van der Waals surface area contributed by atoms with Crippen molar-refractivity contribution in [2.45, 2.75) is 19.4 Å². The monoisotopic (exact) mass is 153 g/mol. The third kappa shape index (κ3) is 2.09. The molecule has 0 aromatic carbocycles. The van der Waals surface area contributed by atoms with E-state index in [9.17, 15) is 0 Å². The Hall–Kier alpha value is -0.750. The Balaban J connectivity index is 2.52. The Kier molecular flexibility index (Phi) is 2.72. The van der Waals surface area contributed by atoms with Crippen molar-refractivity contribution in [2.24, 2.45) is 0 Å².